The predicted molar refractivity (Wildman–Crippen MR) is 181 cm³/mol. The van der Waals surface area contributed by atoms with Gasteiger partial charge in [-0.05, 0) is 60.2 Å². The molecule has 12 nitrogen and oxygen atoms in total. The largest absolute Gasteiger partial charge is 0.495 e. The number of nitrogens with zero attached hydrogens (tertiary/aromatic N) is 1. The van der Waals surface area contributed by atoms with Crippen LogP contribution in [0.1, 0.15) is 45.0 Å². The molecule has 0 bridgehead atoms. The standard InChI is InChI=1S/C35H41N3O9Si/c1-24-3-10-31(25(2)19-24)35(41)47-23-26-4-6-27(7-5-26)32(34(40)38-30-9-8-29-21-36-13-11-28(29)20-30)22-37-33(39)12-14-45-15-16-46-17-18-48(42,43)44/h3-11,13,19-21,32,42-44H,12,14-18,22-23H2,1-2H3,(H,37,39)(H,38,40). The maximum atomic E-state index is 13.6. The number of hydrogen-bond donors (Lipinski definition) is 5. The Kier molecular flexibility index (Phi) is 13.3. The fourth-order valence-electron chi connectivity index (χ4n) is 4.87. The van der Waals surface area contributed by atoms with Crippen molar-refractivity contribution < 1.29 is 43.0 Å². The van der Waals surface area contributed by atoms with Crippen LogP contribution in [0.2, 0.25) is 6.04 Å². The predicted octanol–water partition coefficient (Wildman–Crippen LogP) is 3.39. The quantitative estimate of drug-likeness (QED) is 0.0634. The number of pyridine rings is 1. The first-order valence-electron chi connectivity index (χ1n) is 15.6. The number of carbonyl (C=O) groups is 3. The summed E-state index contributed by atoms with van der Waals surface area (Å²) in [6.07, 6.45) is 3.47. The van der Waals surface area contributed by atoms with E-state index in [9.17, 15) is 14.4 Å². The maximum Gasteiger partial charge on any atom is 0.495 e. The molecule has 0 spiro atoms. The number of anilines is 1. The Balaban J connectivity index is 1.35. The molecule has 0 fully saturated rings. The highest BCUT2D eigenvalue weighted by Crippen LogP contribution is 2.23. The van der Waals surface area contributed by atoms with Gasteiger partial charge in [-0.1, -0.05) is 48.0 Å². The van der Waals surface area contributed by atoms with Gasteiger partial charge in [0, 0.05) is 42.5 Å². The van der Waals surface area contributed by atoms with Gasteiger partial charge in [-0.2, -0.15) is 0 Å². The summed E-state index contributed by atoms with van der Waals surface area (Å²) in [7, 11) is -4.13. The number of aryl methyl sites for hydroxylation is 2. The molecule has 0 radical (unpaired) electrons. The van der Waals surface area contributed by atoms with Crippen LogP contribution >= 0.6 is 0 Å². The molecule has 0 saturated heterocycles. The summed E-state index contributed by atoms with van der Waals surface area (Å²) in [5, 5.41) is 7.64. The molecular weight excluding hydrogens is 634 g/mol. The molecule has 2 amide bonds. The molecule has 0 saturated carbocycles. The van der Waals surface area contributed by atoms with Crippen molar-refractivity contribution in [3.05, 3.63) is 107 Å². The van der Waals surface area contributed by atoms with Crippen molar-refractivity contribution in [2.45, 2.75) is 38.8 Å². The number of ether oxygens (including phenoxy) is 3. The van der Waals surface area contributed by atoms with E-state index < -0.39 is 20.7 Å². The molecule has 48 heavy (non-hydrogen) atoms. The highest BCUT2D eigenvalue weighted by Gasteiger charge is 2.26. The second-order valence-corrected chi connectivity index (χ2v) is 13.5. The van der Waals surface area contributed by atoms with Crippen molar-refractivity contribution in [2.24, 2.45) is 0 Å². The van der Waals surface area contributed by atoms with E-state index in [1.165, 1.54) is 0 Å². The van der Waals surface area contributed by atoms with Crippen LogP contribution in [0.5, 0.6) is 0 Å². The Labute approximate surface area is 280 Å². The number of rotatable bonds is 17. The summed E-state index contributed by atoms with van der Waals surface area (Å²) in [5.41, 5.74) is 4.42. The summed E-state index contributed by atoms with van der Waals surface area (Å²) in [4.78, 5) is 69.9. The summed E-state index contributed by atoms with van der Waals surface area (Å²) in [6.45, 7) is 4.37. The SMILES string of the molecule is Cc1ccc(C(=O)OCc2ccc(C(CNC(=O)CCOCCOCC[Si](O)(O)O)C(=O)Nc3ccc4cnccc4c3)cc2)c(C)c1. The van der Waals surface area contributed by atoms with E-state index >= 15 is 0 Å². The fourth-order valence-corrected chi connectivity index (χ4v) is 5.29. The number of amides is 2. The molecule has 4 aromatic rings. The topological polar surface area (TPSA) is 177 Å². The van der Waals surface area contributed by atoms with Crippen LogP contribution in [0.4, 0.5) is 5.69 Å². The monoisotopic (exact) mass is 675 g/mol. The minimum Gasteiger partial charge on any atom is -0.457 e. The zero-order valence-corrected chi connectivity index (χ0v) is 28.0. The van der Waals surface area contributed by atoms with Gasteiger partial charge in [-0.15, -0.1) is 0 Å². The number of carbonyl (C=O) groups excluding carboxylic acids is 3. The lowest BCUT2D eigenvalue weighted by Crippen LogP contribution is -2.35. The number of fused-ring (bicyclic) bond motifs is 1. The Bertz CT molecular complexity index is 1690. The van der Waals surface area contributed by atoms with E-state index in [1.807, 2.05) is 44.2 Å². The zero-order valence-electron chi connectivity index (χ0n) is 27.0. The molecular formula is C35H41N3O9Si. The van der Waals surface area contributed by atoms with Gasteiger partial charge in [0.1, 0.15) is 6.61 Å². The summed E-state index contributed by atoms with van der Waals surface area (Å²) in [5.74, 6) is -1.77. The molecule has 4 rings (SSSR count). The van der Waals surface area contributed by atoms with Crippen molar-refractivity contribution in [3.63, 3.8) is 0 Å². The van der Waals surface area contributed by atoms with Crippen molar-refractivity contribution in [1.82, 2.24) is 10.3 Å². The van der Waals surface area contributed by atoms with Crippen molar-refractivity contribution in [3.8, 4) is 0 Å². The van der Waals surface area contributed by atoms with Crippen LogP contribution in [0.15, 0.2) is 79.1 Å². The van der Waals surface area contributed by atoms with Crippen LogP contribution in [-0.2, 0) is 30.4 Å². The molecule has 3 aromatic carbocycles. The van der Waals surface area contributed by atoms with Gasteiger partial charge < -0.3 is 39.2 Å². The van der Waals surface area contributed by atoms with Gasteiger partial charge in [0.15, 0.2) is 0 Å². The fraction of sp³-hybridized carbons (Fsp3) is 0.314. The molecule has 1 heterocycles. The minimum atomic E-state index is -4.13. The highest BCUT2D eigenvalue weighted by atomic mass is 28.4. The van der Waals surface area contributed by atoms with E-state index in [0.717, 1.165) is 27.5 Å². The molecule has 5 N–H and O–H groups in total. The molecule has 254 valence electrons. The van der Waals surface area contributed by atoms with E-state index in [2.05, 4.69) is 15.6 Å². The Morgan fingerprint density at radius 2 is 1.60 bits per heavy atom. The smallest absolute Gasteiger partial charge is 0.457 e. The summed E-state index contributed by atoms with van der Waals surface area (Å²) in [6, 6.07) is 19.8. The second-order valence-electron chi connectivity index (χ2n) is 11.4. The van der Waals surface area contributed by atoms with Crippen LogP contribution in [0.25, 0.3) is 10.8 Å². The molecule has 1 atom stereocenters. The van der Waals surface area contributed by atoms with Crippen LogP contribution in [-0.4, -0.2) is 78.9 Å². The molecule has 1 unspecified atom stereocenters. The van der Waals surface area contributed by atoms with E-state index in [0.29, 0.717) is 16.8 Å². The number of esters is 1. The second kappa shape index (κ2) is 17.6. The lowest BCUT2D eigenvalue weighted by molar-refractivity contribution is -0.122. The highest BCUT2D eigenvalue weighted by molar-refractivity contribution is 6.56. The third-order valence-corrected chi connectivity index (χ3v) is 8.38. The van der Waals surface area contributed by atoms with Gasteiger partial charge >= 0.3 is 14.8 Å². The van der Waals surface area contributed by atoms with Crippen molar-refractivity contribution in [1.29, 1.82) is 0 Å². The van der Waals surface area contributed by atoms with E-state index in [1.54, 1.807) is 48.8 Å². The third kappa shape index (κ3) is 11.6. The maximum absolute atomic E-state index is 13.6. The van der Waals surface area contributed by atoms with E-state index in [4.69, 9.17) is 28.6 Å². The number of aromatic nitrogens is 1. The van der Waals surface area contributed by atoms with Crippen molar-refractivity contribution in [2.75, 3.05) is 38.3 Å². The summed E-state index contributed by atoms with van der Waals surface area (Å²) >= 11 is 0. The summed E-state index contributed by atoms with van der Waals surface area (Å²) < 4.78 is 16.1. The average Bonchev–Trinajstić information content (AvgIpc) is 3.05. The van der Waals surface area contributed by atoms with Gasteiger partial charge in [0.05, 0.1) is 37.9 Å². The number of nitrogens with one attached hydrogen (secondary N) is 2. The van der Waals surface area contributed by atoms with Crippen molar-refractivity contribution >= 4 is 43.0 Å². The first kappa shape index (κ1) is 36.3. The third-order valence-electron chi connectivity index (χ3n) is 7.51. The molecule has 0 aliphatic heterocycles. The molecule has 0 aliphatic carbocycles. The lowest BCUT2D eigenvalue weighted by atomic mass is 9.96. The van der Waals surface area contributed by atoms with Gasteiger partial charge in [-0.3, -0.25) is 14.6 Å². The molecule has 0 aliphatic rings. The van der Waals surface area contributed by atoms with Gasteiger partial charge in [0.25, 0.3) is 0 Å². The van der Waals surface area contributed by atoms with Crippen LogP contribution < -0.4 is 10.6 Å². The average molecular weight is 676 g/mol. The number of benzene rings is 3. The Hall–Kier alpha value is -4.50. The molecule has 13 heteroatoms. The Morgan fingerprint density at radius 1 is 0.854 bits per heavy atom. The Morgan fingerprint density at radius 3 is 2.33 bits per heavy atom. The first-order chi connectivity index (χ1) is 23.0. The lowest BCUT2D eigenvalue weighted by Gasteiger charge is -2.19. The number of hydrogen-bond acceptors (Lipinski definition) is 10. The molecule has 1 aromatic heterocycles. The zero-order chi connectivity index (χ0) is 34.5. The van der Waals surface area contributed by atoms with Crippen LogP contribution in [0, 0.1) is 13.8 Å². The van der Waals surface area contributed by atoms with E-state index in [-0.39, 0.29) is 63.9 Å². The normalized spacial score (nSPS) is 12.0. The van der Waals surface area contributed by atoms with Gasteiger partial charge in [0.2, 0.25) is 11.8 Å². The van der Waals surface area contributed by atoms with Gasteiger partial charge in [-0.25, -0.2) is 4.79 Å². The van der Waals surface area contributed by atoms with Crippen LogP contribution in [0.3, 0.4) is 0 Å². The minimum absolute atomic E-state index is 0.0152. The first-order valence-corrected chi connectivity index (χ1v) is 17.6.